The normalized spacial score (nSPS) is 11.3. The van der Waals surface area contributed by atoms with Gasteiger partial charge in [-0.3, -0.25) is 4.40 Å². The fourth-order valence-electron chi connectivity index (χ4n) is 3.35. The number of aromatic nitrogens is 3. The van der Waals surface area contributed by atoms with Crippen molar-refractivity contribution in [1.29, 1.82) is 0 Å². The van der Waals surface area contributed by atoms with Crippen molar-refractivity contribution in [3.8, 4) is 22.5 Å². The molecular formula is C22H13Cl2N3. The number of rotatable bonds is 2. The second kappa shape index (κ2) is 6.38. The fraction of sp³-hybridized carbons (Fsp3) is 0. The maximum absolute atomic E-state index is 6.44. The van der Waals surface area contributed by atoms with Gasteiger partial charge in [-0.1, -0.05) is 71.7 Å². The Hall–Kier alpha value is -2.88. The molecule has 3 nitrogen and oxygen atoms in total. The maximum Gasteiger partial charge on any atom is 0.235 e. The van der Waals surface area contributed by atoms with Crippen LogP contribution in [0.4, 0.5) is 0 Å². The fourth-order valence-corrected chi connectivity index (χ4v) is 3.94. The highest BCUT2D eigenvalue weighted by atomic mass is 35.5. The average Bonchev–Trinajstić information content (AvgIpc) is 3.06. The first-order valence-corrected chi connectivity index (χ1v) is 9.26. The molecule has 0 amide bonds. The molecule has 3 aromatic carbocycles. The van der Waals surface area contributed by atoms with E-state index in [2.05, 4.69) is 16.5 Å². The molecule has 0 fully saturated rings. The van der Waals surface area contributed by atoms with E-state index in [4.69, 9.17) is 33.2 Å². The summed E-state index contributed by atoms with van der Waals surface area (Å²) in [6, 6.07) is 25.7. The minimum Gasteiger partial charge on any atom is -0.276 e. The summed E-state index contributed by atoms with van der Waals surface area (Å²) in [6.45, 7) is 0. The molecular weight excluding hydrogens is 377 g/mol. The Balaban J connectivity index is 1.92. The smallest absolute Gasteiger partial charge is 0.235 e. The van der Waals surface area contributed by atoms with Crippen LogP contribution in [-0.2, 0) is 0 Å². The summed E-state index contributed by atoms with van der Waals surface area (Å²) in [5.41, 5.74) is 5.37. The molecule has 27 heavy (non-hydrogen) atoms. The molecule has 2 heterocycles. The molecule has 0 aliphatic rings. The molecule has 0 N–H and O–H groups in total. The van der Waals surface area contributed by atoms with Crippen molar-refractivity contribution in [2.45, 2.75) is 0 Å². The predicted octanol–water partition coefficient (Wildman–Crippen LogP) is 6.52. The summed E-state index contributed by atoms with van der Waals surface area (Å²) < 4.78 is 2.07. The molecule has 5 rings (SSSR count). The lowest BCUT2D eigenvalue weighted by Crippen LogP contribution is -1.98. The Morgan fingerprint density at radius 1 is 0.704 bits per heavy atom. The highest BCUT2D eigenvalue weighted by molar-refractivity contribution is 6.39. The minimum atomic E-state index is 0.564. The van der Waals surface area contributed by atoms with Crippen molar-refractivity contribution in [2.75, 3.05) is 0 Å². The maximum atomic E-state index is 6.44. The number of hydrogen-bond acceptors (Lipinski definition) is 2. The molecule has 0 bridgehead atoms. The summed E-state index contributed by atoms with van der Waals surface area (Å²) in [5.74, 6) is 0.614. The van der Waals surface area contributed by atoms with Crippen LogP contribution in [0.3, 0.4) is 0 Å². The van der Waals surface area contributed by atoms with Crippen LogP contribution in [0, 0.1) is 0 Å². The molecule has 0 saturated heterocycles. The monoisotopic (exact) mass is 389 g/mol. The van der Waals surface area contributed by atoms with Crippen LogP contribution in [-0.4, -0.2) is 14.4 Å². The Kier molecular flexibility index (Phi) is 3.85. The molecule has 5 heteroatoms. The van der Waals surface area contributed by atoms with Gasteiger partial charge in [0, 0.05) is 5.56 Å². The third kappa shape index (κ3) is 2.67. The average molecular weight is 390 g/mol. The van der Waals surface area contributed by atoms with E-state index < -0.39 is 0 Å². The van der Waals surface area contributed by atoms with Gasteiger partial charge in [-0.15, -0.1) is 0 Å². The van der Waals surface area contributed by atoms with E-state index in [0.717, 1.165) is 22.3 Å². The second-order valence-corrected chi connectivity index (χ2v) is 7.04. The van der Waals surface area contributed by atoms with E-state index in [0.29, 0.717) is 27.1 Å². The van der Waals surface area contributed by atoms with Crippen LogP contribution in [0.2, 0.25) is 10.0 Å². The number of nitrogens with zero attached hydrogens (tertiary/aromatic N) is 3. The van der Waals surface area contributed by atoms with Crippen molar-refractivity contribution in [3.05, 3.63) is 88.9 Å². The van der Waals surface area contributed by atoms with E-state index in [1.165, 1.54) is 0 Å². The minimum absolute atomic E-state index is 0.564. The van der Waals surface area contributed by atoms with Crippen molar-refractivity contribution < 1.29 is 0 Å². The molecule has 0 unspecified atom stereocenters. The first-order chi connectivity index (χ1) is 13.2. The number of benzene rings is 3. The summed E-state index contributed by atoms with van der Waals surface area (Å²) >= 11 is 12.9. The summed E-state index contributed by atoms with van der Waals surface area (Å²) in [4.78, 5) is 9.49. The number of hydrogen-bond donors (Lipinski definition) is 0. The van der Waals surface area contributed by atoms with E-state index in [1.54, 1.807) is 0 Å². The quantitative estimate of drug-likeness (QED) is 0.343. The third-order valence-corrected chi connectivity index (χ3v) is 5.20. The zero-order chi connectivity index (χ0) is 18.4. The van der Waals surface area contributed by atoms with Gasteiger partial charge < -0.3 is 0 Å². The topological polar surface area (TPSA) is 30.2 Å². The van der Waals surface area contributed by atoms with Crippen molar-refractivity contribution in [2.24, 2.45) is 0 Å². The van der Waals surface area contributed by atoms with Crippen molar-refractivity contribution >= 4 is 40.0 Å². The molecule has 2 aromatic heterocycles. The van der Waals surface area contributed by atoms with Crippen LogP contribution < -0.4 is 0 Å². The Bertz CT molecular complexity index is 1270. The SMILES string of the molecule is Clc1cccc(Cl)c1-c1cc(-c2ccccc2)n2c(n1)nc1ccccc12. The molecule has 0 spiro atoms. The van der Waals surface area contributed by atoms with E-state index in [1.807, 2.05) is 66.7 Å². The third-order valence-electron chi connectivity index (χ3n) is 4.57. The molecule has 0 atom stereocenters. The highest BCUT2D eigenvalue weighted by Gasteiger charge is 2.17. The van der Waals surface area contributed by atoms with Crippen molar-refractivity contribution in [1.82, 2.24) is 14.4 Å². The lowest BCUT2D eigenvalue weighted by molar-refractivity contribution is 1.14. The van der Waals surface area contributed by atoms with Crippen LogP contribution >= 0.6 is 23.2 Å². The van der Waals surface area contributed by atoms with Gasteiger partial charge in [0.25, 0.3) is 0 Å². The summed E-state index contributed by atoms with van der Waals surface area (Å²) in [7, 11) is 0. The zero-order valence-electron chi connectivity index (χ0n) is 14.1. The van der Waals surface area contributed by atoms with Crippen LogP contribution in [0.15, 0.2) is 78.9 Å². The lowest BCUT2D eigenvalue weighted by atomic mass is 10.1. The van der Waals surface area contributed by atoms with Gasteiger partial charge in [0.05, 0.1) is 32.5 Å². The lowest BCUT2D eigenvalue weighted by Gasteiger charge is -2.11. The van der Waals surface area contributed by atoms with Crippen LogP contribution in [0.1, 0.15) is 0 Å². The number of halogens is 2. The van der Waals surface area contributed by atoms with Gasteiger partial charge in [0.2, 0.25) is 5.78 Å². The van der Waals surface area contributed by atoms with Gasteiger partial charge in [-0.05, 0) is 35.9 Å². The largest absolute Gasteiger partial charge is 0.276 e. The molecule has 5 aromatic rings. The Labute approximate surface area is 165 Å². The zero-order valence-corrected chi connectivity index (χ0v) is 15.6. The number of para-hydroxylation sites is 2. The molecule has 130 valence electrons. The molecule has 0 aliphatic carbocycles. The Morgan fingerprint density at radius 3 is 2.19 bits per heavy atom. The van der Waals surface area contributed by atoms with Crippen molar-refractivity contribution in [3.63, 3.8) is 0 Å². The van der Waals surface area contributed by atoms with Gasteiger partial charge in [-0.25, -0.2) is 9.97 Å². The van der Waals surface area contributed by atoms with E-state index >= 15 is 0 Å². The van der Waals surface area contributed by atoms with Crippen LogP contribution in [0.5, 0.6) is 0 Å². The first-order valence-electron chi connectivity index (χ1n) is 8.50. The number of fused-ring (bicyclic) bond motifs is 3. The van der Waals surface area contributed by atoms with Gasteiger partial charge in [-0.2, -0.15) is 0 Å². The van der Waals surface area contributed by atoms with Gasteiger partial charge in [0.15, 0.2) is 0 Å². The first kappa shape index (κ1) is 16.3. The standard InChI is InChI=1S/C22H13Cl2N3/c23-15-9-6-10-16(24)21(15)18-13-20(14-7-2-1-3-8-14)27-19-12-5-4-11-17(19)25-22(27)26-18/h1-13H. The molecule has 0 aliphatic heterocycles. The number of imidazole rings is 1. The van der Waals surface area contributed by atoms with Gasteiger partial charge in [0.1, 0.15) is 0 Å². The van der Waals surface area contributed by atoms with Gasteiger partial charge >= 0.3 is 0 Å². The molecule has 0 radical (unpaired) electrons. The predicted molar refractivity (Wildman–Crippen MR) is 111 cm³/mol. The summed E-state index contributed by atoms with van der Waals surface area (Å²) in [6.07, 6.45) is 0. The van der Waals surface area contributed by atoms with Crippen LogP contribution in [0.25, 0.3) is 39.3 Å². The highest BCUT2D eigenvalue weighted by Crippen LogP contribution is 2.36. The summed E-state index contributed by atoms with van der Waals surface area (Å²) in [5, 5.41) is 1.13. The Morgan fingerprint density at radius 2 is 1.41 bits per heavy atom. The van der Waals surface area contributed by atoms with E-state index in [9.17, 15) is 0 Å². The second-order valence-electron chi connectivity index (χ2n) is 6.23. The van der Waals surface area contributed by atoms with E-state index in [-0.39, 0.29) is 0 Å². The molecule has 0 saturated carbocycles.